The van der Waals surface area contributed by atoms with Crippen molar-refractivity contribution in [2.24, 2.45) is 5.92 Å². The molecule has 1 aliphatic rings. The topological polar surface area (TPSA) is 70.2 Å². The van der Waals surface area contributed by atoms with Crippen molar-refractivity contribution in [3.63, 3.8) is 0 Å². The second kappa shape index (κ2) is 5.87. The largest absolute Gasteiger partial charge is 0.507 e. The number of aromatic hydroxyl groups is 1. The number of aromatic nitrogens is 1. The number of H-pyrrole nitrogens is 1. The molecule has 1 fully saturated rings. The van der Waals surface area contributed by atoms with Crippen LogP contribution in [0, 0.1) is 12.8 Å². The molecule has 0 saturated heterocycles. The average molecular weight is 261 g/mol. The van der Waals surface area contributed by atoms with Crippen LogP contribution in [0.5, 0.6) is 5.75 Å². The molecule has 0 unspecified atom stereocenters. The fraction of sp³-hybridized carbons (Fsp3) is 0.467. The highest BCUT2D eigenvalue weighted by Gasteiger charge is 2.16. The first-order chi connectivity index (χ1) is 9.09. The third kappa shape index (κ3) is 3.13. The van der Waals surface area contributed by atoms with Gasteiger partial charge in [-0.25, -0.2) is 0 Å². The first kappa shape index (κ1) is 13.6. The second-order valence-electron chi connectivity index (χ2n) is 5.15. The quantitative estimate of drug-likeness (QED) is 0.649. The van der Waals surface area contributed by atoms with E-state index in [1.807, 2.05) is 6.08 Å². The molecule has 2 rings (SSSR count). The van der Waals surface area contributed by atoms with Crippen LogP contribution >= 0.6 is 0 Å². The number of rotatable bonds is 3. The first-order valence-electron chi connectivity index (χ1n) is 6.73. The molecule has 0 amide bonds. The van der Waals surface area contributed by atoms with E-state index in [4.69, 9.17) is 0 Å². The number of aryl methyl sites for hydroxylation is 1. The maximum absolute atomic E-state index is 12.0. The number of ketones is 1. The average Bonchev–Trinajstić information content (AvgIpc) is 2.42. The molecule has 1 aromatic heterocycles. The Morgan fingerprint density at radius 1 is 1.37 bits per heavy atom. The van der Waals surface area contributed by atoms with E-state index in [0.717, 1.165) is 12.8 Å². The van der Waals surface area contributed by atoms with Gasteiger partial charge in [-0.3, -0.25) is 9.59 Å². The van der Waals surface area contributed by atoms with E-state index in [9.17, 15) is 14.7 Å². The molecule has 4 nitrogen and oxygen atoms in total. The standard InChI is InChI=1S/C15H19NO3/c1-10-9-16-15(19)13(14(10)18)12(17)8-7-11-5-3-2-4-6-11/h7-9,11H,2-6H2,1H3,(H2,16,18,19)/b8-7+. The number of hydrogen-bond acceptors (Lipinski definition) is 3. The highest BCUT2D eigenvalue weighted by atomic mass is 16.3. The van der Waals surface area contributed by atoms with E-state index >= 15 is 0 Å². The lowest BCUT2D eigenvalue weighted by atomic mass is 9.89. The van der Waals surface area contributed by atoms with Crippen LogP contribution in [0.25, 0.3) is 0 Å². The molecule has 0 atom stereocenters. The predicted octanol–water partition coefficient (Wildman–Crippen LogP) is 2.71. The number of allylic oxidation sites excluding steroid dienone is 2. The first-order valence-corrected chi connectivity index (χ1v) is 6.73. The van der Waals surface area contributed by atoms with Gasteiger partial charge in [-0.2, -0.15) is 0 Å². The number of carbonyl (C=O) groups excluding carboxylic acids is 1. The van der Waals surface area contributed by atoms with Gasteiger partial charge in [0, 0.05) is 11.8 Å². The summed E-state index contributed by atoms with van der Waals surface area (Å²) < 4.78 is 0. The van der Waals surface area contributed by atoms with Crippen LogP contribution in [0.15, 0.2) is 23.1 Å². The van der Waals surface area contributed by atoms with Crippen LogP contribution in [-0.2, 0) is 0 Å². The monoisotopic (exact) mass is 261 g/mol. The summed E-state index contributed by atoms with van der Waals surface area (Å²) in [5.41, 5.74) is -0.206. The Morgan fingerprint density at radius 2 is 2.05 bits per heavy atom. The van der Waals surface area contributed by atoms with Gasteiger partial charge in [0.05, 0.1) is 0 Å². The van der Waals surface area contributed by atoms with Crippen LogP contribution < -0.4 is 5.56 Å². The van der Waals surface area contributed by atoms with Crippen LogP contribution in [0.1, 0.15) is 48.0 Å². The summed E-state index contributed by atoms with van der Waals surface area (Å²) in [6, 6.07) is 0. The van der Waals surface area contributed by atoms with Gasteiger partial charge in [0.15, 0.2) is 5.78 Å². The molecule has 102 valence electrons. The van der Waals surface area contributed by atoms with Crippen molar-refractivity contribution < 1.29 is 9.90 Å². The number of carbonyl (C=O) groups is 1. The van der Waals surface area contributed by atoms with Gasteiger partial charge in [0.1, 0.15) is 11.3 Å². The molecule has 0 radical (unpaired) electrons. The van der Waals surface area contributed by atoms with E-state index in [-0.39, 0.29) is 11.3 Å². The smallest absolute Gasteiger partial charge is 0.262 e. The van der Waals surface area contributed by atoms with Crippen LogP contribution in [0.3, 0.4) is 0 Å². The third-order valence-corrected chi connectivity index (χ3v) is 3.67. The lowest BCUT2D eigenvalue weighted by molar-refractivity contribution is 0.104. The van der Waals surface area contributed by atoms with E-state index in [2.05, 4.69) is 4.98 Å². The van der Waals surface area contributed by atoms with Gasteiger partial charge in [0.2, 0.25) is 0 Å². The molecule has 1 aliphatic carbocycles. The van der Waals surface area contributed by atoms with Crippen molar-refractivity contribution in [3.05, 3.63) is 39.8 Å². The van der Waals surface area contributed by atoms with Crippen molar-refractivity contribution in [1.29, 1.82) is 0 Å². The van der Waals surface area contributed by atoms with Crippen molar-refractivity contribution in [2.75, 3.05) is 0 Å². The number of aromatic amines is 1. The molecule has 2 N–H and O–H groups in total. The van der Waals surface area contributed by atoms with Gasteiger partial charge >= 0.3 is 0 Å². The summed E-state index contributed by atoms with van der Waals surface area (Å²) in [7, 11) is 0. The Balaban J connectivity index is 2.18. The van der Waals surface area contributed by atoms with Crippen LogP contribution in [0.2, 0.25) is 0 Å². The number of hydrogen-bond donors (Lipinski definition) is 2. The van der Waals surface area contributed by atoms with E-state index in [1.54, 1.807) is 6.92 Å². The zero-order chi connectivity index (χ0) is 13.8. The molecule has 0 aromatic carbocycles. The normalized spacial score (nSPS) is 16.9. The Bertz CT molecular complexity index is 551. The highest BCUT2D eigenvalue weighted by Crippen LogP contribution is 2.25. The van der Waals surface area contributed by atoms with Gasteiger partial charge in [0.25, 0.3) is 5.56 Å². The van der Waals surface area contributed by atoms with Crippen molar-refractivity contribution in [2.45, 2.75) is 39.0 Å². The molecule has 1 aromatic rings. The minimum Gasteiger partial charge on any atom is -0.507 e. The maximum Gasteiger partial charge on any atom is 0.262 e. The molecule has 1 heterocycles. The predicted molar refractivity (Wildman–Crippen MR) is 73.5 cm³/mol. The lowest BCUT2D eigenvalue weighted by Crippen LogP contribution is -2.17. The zero-order valence-corrected chi connectivity index (χ0v) is 11.1. The molecule has 0 aliphatic heterocycles. The minimum atomic E-state index is -0.540. The van der Waals surface area contributed by atoms with Gasteiger partial charge in [-0.15, -0.1) is 0 Å². The maximum atomic E-state index is 12.0. The molecule has 19 heavy (non-hydrogen) atoms. The van der Waals surface area contributed by atoms with Crippen LogP contribution in [0.4, 0.5) is 0 Å². The Hall–Kier alpha value is -1.84. The Labute approximate surface area is 112 Å². The number of nitrogens with one attached hydrogen (secondary N) is 1. The van der Waals surface area contributed by atoms with E-state index in [1.165, 1.54) is 31.5 Å². The van der Waals surface area contributed by atoms with Crippen LogP contribution in [-0.4, -0.2) is 15.9 Å². The summed E-state index contributed by atoms with van der Waals surface area (Å²) in [5.74, 6) is -0.223. The summed E-state index contributed by atoms with van der Waals surface area (Å²) in [5, 5.41) is 9.81. The van der Waals surface area contributed by atoms with Gasteiger partial charge in [-0.1, -0.05) is 25.3 Å². The van der Waals surface area contributed by atoms with E-state index < -0.39 is 11.3 Å². The van der Waals surface area contributed by atoms with Gasteiger partial charge in [-0.05, 0) is 31.8 Å². The SMILES string of the molecule is Cc1c[nH]c(=O)c(C(=O)/C=C/C2CCCCC2)c1O. The van der Waals surface area contributed by atoms with Crippen molar-refractivity contribution in [1.82, 2.24) is 4.98 Å². The molecular weight excluding hydrogens is 242 g/mol. The molecule has 0 bridgehead atoms. The third-order valence-electron chi connectivity index (χ3n) is 3.67. The fourth-order valence-electron chi connectivity index (χ4n) is 2.48. The van der Waals surface area contributed by atoms with E-state index in [0.29, 0.717) is 11.5 Å². The highest BCUT2D eigenvalue weighted by molar-refractivity contribution is 6.06. The number of pyridine rings is 1. The molecule has 4 heteroatoms. The van der Waals surface area contributed by atoms with Gasteiger partial charge < -0.3 is 10.1 Å². The lowest BCUT2D eigenvalue weighted by Gasteiger charge is -2.17. The zero-order valence-electron chi connectivity index (χ0n) is 11.1. The Morgan fingerprint density at radius 3 is 2.74 bits per heavy atom. The second-order valence-corrected chi connectivity index (χ2v) is 5.15. The molecule has 0 spiro atoms. The van der Waals surface area contributed by atoms with Crippen molar-refractivity contribution in [3.8, 4) is 5.75 Å². The fourth-order valence-corrected chi connectivity index (χ4v) is 2.48. The minimum absolute atomic E-state index is 0.160. The Kier molecular flexibility index (Phi) is 4.20. The summed E-state index contributed by atoms with van der Waals surface area (Å²) in [6.07, 6.45) is 10.6. The summed E-state index contributed by atoms with van der Waals surface area (Å²) in [4.78, 5) is 26.1. The summed E-state index contributed by atoms with van der Waals surface area (Å²) in [6.45, 7) is 1.65. The van der Waals surface area contributed by atoms with Crippen molar-refractivity contribution >= 4 is 5.78 Å². The molecular formula is C15H19NO3. The summed E-state index contributed by atoms with van der Waals surface area (Å²) >= 11 is 0. The molecule has 1 saturated carbocycles.